The summed E-state index contributed by atoms with van der Waals surface area (Å²) in [6.07, 6.45) is 0. The lowest BCUT2D eigenvalue weighted by Gasteiger charge is -2.24. The first-order valence-corrected chi connectivity index (χ1v) is 4.21. The SMILES string of the molecule is CC(NC(=O)C(C)(C)C#N)C(C)(F)F. The molecule has 1 unspecified atom stereocenters. The van der Waals surface area contributed by atoms with Gasteiger partial charge in [-0.05, 0) is 20.8 Å². The van der Waals surface area contributed by atoms with Gasteiger partial charge >= 0.3 is 0 Å². The third kappa shape index (κ3) is 3.29. The topological polar surface area (TPSA) is 52.9 Å². The summed E-state index contributed by atoms with van der Waals surface area (Å²) < 4.78 is 25.3. The molecule has 5 heteroatoms. The number of hydrogen-bond donors (Lipinski definition) is 1. The van der Waals surface area contributed by atoms with Gasteiger partial charge in [-0.3, -0.25) is 4.79 Å². The maximum atomic E-state index is 12.7. The fourth-order valence-corrected chi connectivity index (χ4v) is 0.555. The number of nitrogens with zero attached hydrogens (tertiary/aromatic N) is 1. The minimum absolute atomic E-state index is 0.686. The maximum absolute atomic E-state index is 12.7. The van der Waals surface area contributed by atoms with Gasteiger partial charge in [0, 0.05) is 6.92 Å². The van der Waals surface area contributed by atoms with Crippen molar-refractivity contribution in [3.63, 3.8) is 0 Å². The fourth-order valence-electron chi connectivity index (χ4n) is 0.555. The average Bonchev–Trinajstić information content (AvgIpc) is 2.02. The number of carbonyl (C=O) groups excluding carboxylic acids is 1. The van der Waals surface area contributed by atoms with E-state index in [0.29, 0.717) is 0 Å². The van der Waals surface area contributed by atoms with E-state index < -0.39 is 23.3 Å². The summed E-state index contributed by atoms with van der Waals surface area (Å²) in [5, 5.41) is 10.7. The van der Waals surface area contributed by atoms with E-state index in [4.69, 9.17) is 5.26 Å². The molecule has 0 fully saturated rings. The Hall–Kier alpha value is -1.18. The Morgan fingerprint density at radius 1 is 1.43 bits per heavy atom. The van der Waals surface area contributed by atoms with Crippen LogP contribution in [-0.2, 0) is 4.79 Å². The van der Waals surface area contributed by atoms with Gasteiger partial charge in [-0.2, -0.15) is 5.26 Å². The molecule has 0 aromatic carbocycles. The minimum atomic E-state index is -2.98. The molecule has 0 saturated carbocycles. The van der Waals surface area contributed by atoms with E-state index in [1.807, 2.05) is 0 Å². The van der Waals surface area contributed by atoms with Crippen LogP contribution in [0.15, 0.2) is 0 Å². The Morgan fingerprint density at radius 2 is 1.86 bits per heavy atom. The molecule has 1 N–H and O–H groups in total. The summed E-state index contributed by atoms with van der Waals surface area (Å²) in [6, 6.07) is 0.466. The molecule has 0 aliphatic carbocycles. The molecule has 1 atom stereocenters. The first-order chi connectivity index (χ1) is 6.11. The fraction of sp³-hybridized carbons (Fsp3) is 0.778. The molecule has 0 aromatic rings. The van der Waals surface area contributed by atoms with Crippen LogP contribution >= 0.6 is 0 Å². The first kappa shape index (κ1) is 12.8. The van der Waals surface area contributed by atoms with E-state index in [9.17, 15) is 13.6 Å². The highest BCUT2D eigenvalue weighted by atomic mass is 19.3. The zero-order valence-corrected chi connectivity index (χ0v) is 8.69. The Bertz CT molecular complexity index is 263. The average molecular weight is 204 g/mol. The van der Waals surface area contributed by atoms with Crippen LogP contribution < -0.4 is 5.32 Å². The Labute approximate surface area is 82.1 Å². The van der Waals surface area contributed by atoms with Crippen molar-refractivity contribution >= 4 is 5.91 Å². The number of nitriles is 1. The minimum Gasteiger partial charge on any atom is -0.346 e. The molecule has 0 heterocycles. The number of alkyl halides is 2. The van der Waals surface area contributed by atoms with Crippen LogP contribution in [0.3, 0.4) is 0 Å². The summed E-state index contributed by atoms with van der Waals surface area (Å²) in [4.78, 5) is 11.3. The van der Waals surface area contributed by atoms with Crippen LogP contribution in [0.2, 0.25) is 0 Å². The van der Waals surface area contributed by atoms with E-state index in [0.717, 1.165) is 6.92 Å². The highest BCUT2D eigenvalue weighted by Crippen LogP contribution is 2.19. The third-order valence-corrected chi connectivity index (χ3v) is 1.96. The summed E-state index contributed by atoms with van der Waals surface area (Å²) in [5.41, 5.74) is -1.28. The third-order valence-electron chi connectivity index (χ3n) is 1.96. The molecule has 80 valence electrons. The second kappa shape index (κ2) is 3.91. The van der Waals surface area contributed by atoms with E-state index in [-0.39, 0.29) is 0 Å². The van der Waals surface area contributed by atoms with Crippen LogP contribution in [0.5, 0.6) is 0 Å². The van der Waals surface area contributed by atoms with Gasteiger partial charge in [0.25, 0.3) is 5.92 Å². The molecular weight excluding hydrogens is 190 g/mol. The van der Waals surface area contributed by atoms with Gasteiger partial charge in [-0.1, -0.05) is 0 Å². The lowest BCUT2D eigenvalue weighted by molar-refractivity contribution is -0.130. The Kier molecular flexibility index (Phi) is 3.58. The molecule has 0 saturated heterocycles. The van der Waals surface area contributed by atoms with Crippen molar-refractivity contribution in [3.8, 4) is 6.07 Å². The van der Waals surface area contributed by atoms with Crippen molar-refractivity contribution in [2.24, 2.45) is 5.41 Å². The van der Waals surface area contributed by atoms with E-state index >= 15 is 0 Å². The summed E-state index contributed by atoms with van der Waals surface area (Å²) in [6.45, 7) is 4.67. The molecule has 14 heavy (non-hydrogen) atoms. The Morgan fingerprint density at radius 3 is 2.14 bits per heavy atom. The van der Waals surface area contributed by atoms with Crippen LogP contribution in [0.4, 0.5) is 8.78 Å². The number of nitrogens with one attached hydrogen (secondary N) is 1. The summed E-state index contributed by atoms with van der Waals surface area (Å²) >= 11 is 0. The molecule has 0 bridgehead atoms. The molecule has 0 aliphatic heterocycles. The van der Waals surface area contributed by atoms with Gasteiger partial charge < -0.3 is 5.32 Å². The molecule has 0 aromatic heterocycles. The molecule has 0 rings (SSSR count). The quantitative estimate of drug-likeness (QED) is 0.760. The smallest absolute Gasteiger partial charge is 0.264 e. The predicted octanol–water partition coefficient (Wildman–Crippen LogP) is 1.70. The molecule has 0 radical (unpaired) electrons. The number of hydrogen-bond acceptors (Lipinski definition) is 2. The van der Waals surface area contributed by atoms with E-state index in [1.165, 1.54) is 20.8 Å². The molecule has 0 aliphatic rings. The van der Waals surface area contributed by atoms with Crippen molar-refractivity contribution in [1.29, 1.82) is 5.26 Å². The molecule has 3 nitrogen and oxygen atoms in total. The lowest BCUT2D eigenvalue weighted by Crippen LogP contribution is -2.48. The summed E-state index contributed by atoms with van der Waals surface area (Å²) in [7, 11) is 0. The van der Waals surface area contributed by atoms with Gasteiger partial charge in [0.1, 0.15) is 5.41 Å². The van der Waals surface area contributed by atoms with Crippen molar-refractivity contribution in [3.05, 3.63) is 0 Å². The van der Waals surface area contributed by atoms with E-state index in [1.54, 1.807) is 6.07 Å². The van der Waals surface area contributed by atoms with Crippen molar-refractivity contribution in [2.75, 3.05) is 0 Å². The molecule has 0 spiro atoms. The van der Waals surface area contributed by atoms with Crippen LogP contribution in [-0.4, -0.2) is 17.9 Å². The van der Waals surface area contributed by atoms with Crippen LogP contribution in [0.1, 0.15) is 27.7 Å². The van der Waals surface area contributed by atoms with Crippen molar-refractivity contribution in [1.82, 2.24) is 5.32 Å². The number of halogens is 2. The number of amides is 1. The van der Waals surface area contributed by atoms with Crippen molar-refractivity contribution in [2.45, 2.75) is 39.7 Å². The van der Waals surface area contributed by atoms with E-state index in [2.05, 4.69) is 5.32 Å². The van der Waals surface area contributed by atoms with Gasteiger partial charge in [-0.25, -0.2) is 8.78 Å². The second-order valence-electron chi connectivity index (χ2n) is 3.89. The highest BCUT2D eigenvalue weighted by molar-refractivity contribution is 5.84. The Balaban J connectivity index is 4.44. The second-order valence-corrected chi connectivity index (χ2v) is 3.89. The first-order valence-electron chi connectivity index (χ1n) is 4.21. The summed E-state index contributed by atoms with van der Waals surface area (Å²) in [5.74, 6) is -3.67. The van der Waals surface area contributed by atoms with Gasteiger partial charge in [0.05, 0.1) is 12.1 Å². The van der Waals surface area contributed by atoms with Crippen LogP contribution in [0.25, 0.3) is 0 Å². The van der Waals surface area contributed by atoms with Gasteiger partial charge in [-0.15, -0.1) is 0 Å². The monoisotopic (exact) mass is 204 g/mol. The van der Waals surface area contributed by atoms with Gasteiger partial charge in [0.15, 0.2) is 0 Å². The zero-order chi connectivity index (χ0) is 11.6. The largest absolute Gasteiger partial charge is 0.346 e. The number of rotatable bonds is 3. The standard InChI is InChI=1S/C9H14F2N2O/c1-6(9(4,10)11)13-7(14)8(2,3)5-12/h6H,1-4H3,(H,13,14). The predicted molar refractivity (Wildman–Crippen MR) is 47.6 cm³/mol. The number of carbonyl (C=O) groups is 1. The van der Waals surface area contributed by atoms with Crippen LogP contribution in [0, 0.1) is 16.7 Å². The zero-order valence-electron chi connectivity index (χ0n) is 8.69. The van der Waals surface area contributed by atoms with Gasteiger partial charge in [0.2, 0.25) is 5.91 Å². The van der Waals surface area contributed by atoms with Crippen molar-refractivity contribution < 1.29 is 13.6 Å². The molecular formula is C9H14F2N2O. The highest BCUT2D eigenvalue weighted by Gasteiger charge is 2.35. The maximum Gasteiger partial charge on any atom is 0.264 e. The normalized spacial score (nSPS) is 14.4. The lowest BCUT2D eigenvalue weighted by atomic mass is 9.94. The molecule has 1 amide bonds.